The molecule has 0 aliphatic carbocycles. The summed E-state index contributed by atoms with van der Waals surface area (Å²) in [5.41, 5.74) is 2.12. The second-order valence-electron chi connectivity index (χ2n) is 4.89. The van der Waals surface area contributed by atoms with Crippen molar-refractivity contribution in [2.75, 3.05) is 11.9 Å². The molecule has 1 aromatic carbocycles. The first-order chi connectivity index (χ1) is 9.61. The number of rotatable bonds is 8. The highest BCUT2D eigenvalue weighted by atomic mass is 16.2. The van der Waals surface area contributed by atoms with E-state index in [9.17, 15) is 9.59 Å². The van der Waals surface area contributed by atoms with E-state index in [1.165, 1.54) is 12.5 Å². The predicted molar refractivity (Wildman–Crippen MR) is 81.6 cm³/mol. The molecule has 0 spiro atoms. The van der Waals surface area contributed by atoms with E-state index in [-0.39, 0.29) is 11.8 Å². The maximum atomic E-state index is 11.7. The highest BCUT2D eigenvalue weighted by molar-refractivity contribution is 5.90. The molecule has 1 aromatic rings. The van der Waals surface area contributed by atoms with Crippen LogP contribution >= 0.6 is 0 Å². The summed E-state index contributed by atoms with van der Waals surface area (Å²) in [6.07, 6.45) is 4.23. The predicted octanol–water partition coefficient (Wildman–Crippen LogP) is 2.88. The summed E-state index contributed by atoms with van der Waals surface area (Å²) in [5, 5.41) is 5.64. The van der Waals surface area contributed by atoms with E-state index in [1.54, 1.807) is 0 Å². The topological polar surface area (TPSA) is 58.2 Å². The minimum Gasteiger partial charge on any atom is -0.356 e. The molecule has 0 radical (unpaired) electrons. The Morgan fingerprint density at radius 3 is 2.35 bits per heavy atom. The number of aryl methyl sites for hydroxylation is 1. The molecule has 0 heterocycles. The zero-order valence-corrected chi connectivity index (χ0v) is 12.4. The van der Waals surface area contributed by atoms with E-state index in [0.717, 1.165) is 31.4 Å². The van der Waals surface area contributed by atoms with Crippen molar-refractivity contribution in [2.45, 2.75) is 46.0 Å². The summed E-state index contributed by atoms with van der Waals surface area (Å²) >= 11 is 0. The number of nitrogens with one attached hydrogen (secondary N) is 2. The van der Waals surface area contributed by atoms with Crippen LogP contribution in [0.2, 0.25) is 0 Å². The van der Waals surface area contributed by atoms with Crippen molar-refractivity contribution in [3.63, 3.8) is 0 Å². The van der Waals surface area contributed by atoms with Gasteiger partial charge < -0.3 is 10.6 Å². The van der Waals surface area contributed by atoms with Gasteiger partial charge in [0.05, 0.1) is 0 Å². The van der Waals surface area contributed by atoms with Crippen LogP contribution in [0.1, 0.15) is 45.1 Å². The third-order valence-electron chi connectivity index (χ3n) is 3.10. The SMILES string of the molecule is CCc1ccc(NC(=O)CCCCCNC(C)=O)cc1. The average molecular weight is 276 g/mol. The van der Waals surface area contributed by atoms with Gasteiger partial charge in [-0.15, -0.1) is 0 Å². The van der Waals surface area contributed by atoms with Gasteiger partial charge in [0.15, 0.2) is 0 Å². The molecule has 1 rings (SSSR count). The molecule has 0 unspecified atom stereocenters. The molecule has 0 aliphatic heterocycles. The molecule has 0 atom stereocenters. The highest BCUT2D eigenvalue weighted by Crippen LogP contribution is 2.11. The van der Waals surface area contributed by atoms with Gasteiger partial charge in [0.2, 0.25) is 11.8 Å². The Morgan fingerprint density at radius 2 is 1.75 bits per heavy atom. The fourth-order valence-electron chi connectivity index (χ4n) is 1.90. The van der Waals surface area contributed by atoms with E-state index in [2.05, 4.69) is 17.6 Å². The van der Waals surface area contributed by atoms with E-state index in [0.29, 0.717) is 13.0 Å². The number of amides is 2. The molecule has 20 heavy (non-hydrogen) atoms. The third kappa shape index (κ3) is 6.92. The van der Waals surface area contributed by atoms with Crippen LogP contribution in [0.3, 0.4) is 0 Å². The Labute approximate surface area is 121 Å². The maximum absolute atomic E-state index is 11.7. The van der Waals surface area contributed by atoms with Crippen molar-refractivity contribution in [3.8, 4) is 0 Å². The van der Waals surface area contributed by atoms with Crippen LogP contribution in [0.25, 0.3) is 0 Å². The summed E-state index contributed by atoms with van der Waals surface area (Å²) in [6, 6.07) is 7.94. The largest absolute Gasteiger partial charge is 0.356 e. The van der Waals surface area contributed by atoms with Crippen LogP contribution in [0.5, 0.6) is 0 Å². The molecule has 4 heteroatoms. The standard InChI is InChI=1S/C16H24N2O2/c1-3-14-8-10-15(11-9-14)18-16(20)7-5-4-6-12-17-13(2)19/h8-11H,3-7,12H2,1-2H3,(H,17,19)(H,18,20). The molecule has 0 bridgehead atoms. The summed E-state index contributed by atoms with van der Waals surface area (Å²) in [4.78, 5) is 22.4. The average Bonchev–Trinajstić information content (AvgIpc) is 2.43. The monoisotopic (exact) mass is 276 g/mol. The first-order valence-electron chi connectivity index (χ1n) is 7.25. The summed E-state index contributed by atoms with van der Waals surface area (Å²) in [7, 11) is 0. The van der Waals surface area contributed by atoms with Gasteiger partial charge in [0.1, 0.15) is 0 Å². The second-order valence-corrected chi connectivity index (χ2v) is 4.89. The molecule has 0 fully saturated rings. The third-order valence-corrected chi connectivity index (χ3v) is 3.10. The van der Waals surface area contributed by atoms with Crippen molar-refractivity contribution in [2.24, 2.45) is 0 Å². The number of hydrogen-bond donors (Lipinski definition) is 2. The van der Waals surface area contributed by atoms with Crippen LogP contribution in [0.4, 0.5) is 5.69 Å². The van der Waals surface area contributed by atoms with Gasteiger partial charge in [-0.2, -0.15) is 0 Å². The van der Waals surface area contributed by atoms with Gasteiger partial charge in [0.25, 0.3) is 0 Å². The Kier molecular flexibility index (Phi) is 7.40. The lowest BCUT2D eigenvalue weighted by atomic mass is 10.1. The minimum absolute atomic E-state index is 0.00160. The highest BCUT2D eigenvalue weighted by Gasteiger charge is 2.02. The normalized spacial score (nSPS) is 10.1. The molecule has 4 nitrogen and oxygen atoms in total. The van der Waals surface area contributed by atoms with Gasteiger partial charge >= 0.3 is 0 Å². The molecule has 0 saturated heterocycles. The van der Waals surface area contributed by atoms with Crippen LogP contribution in [0, 0.1) is 0 Å². The van der Waals surface area contributed by atoms with Gasteiger partial charge in [-0.05, 0) is 37.0 Å². The molecule has 110 valence electrons. The number of hydrogen-bond acceptors (Lipinski definition) is 2. The molecular weight excluding hydrogens is 252 g/mol. The lowest BCUT2D eigenvalue weighted by Crippen LogP contribution is -2.20. The fourth-order valence-corrected chi connectivity index (χ4v) is 1.90. The van der Waals surface area contributed by atoms with E-state index < -0.39 is 0 Å². The van der Waals surface area contributed by atoms with Crippen molar-refractivity contribution in [1.29, 1.82) is 0 Å². The minimum atomic E-state index is -0.00160. The van der Waals surface area contributed by atoms with Crippen LogP contribution in [-0.4, -0.2) is 18.4 Å². The summed E-state index contributed by atoms with van der Waals surface area (Å²) in [5.74, 6) is 0.0482. The first kappa shape index (κ1) is 16.2. The lowest BCUT2D eigenvalue weighted by Gasteiger charge is -2.06. The fraction of sp³-hybridized carbons (Fsp3) is 0.500. The van der Waals surface area contributed by atoms with Crippen molar-refractivity contribution >= 4 is 17.5 Å². The number of benzene rings is 1. The molecule has 0 saturated carbocycles. The van der Waals surface area contributed by atoms with Gasteiger partial charge in [-0.25, -0.2) is 0 Å². The van der Waals surface area contributed by atoms with Crippen molar-refractivity contribution < 1.29 is 9.59 Å². The number of unbranched alkanes of at least 4 members (excludes halogenated alkanes) is 2. The molecule has 2 amide bonds. The zero-order chi connectivity index (χ0) is 14.8. The Hall–Kier alpha value is -1.84. The van der Waals surface area contributed by atoms with Crippen LogP contribution < -0.4 is 10.6 Å². The Bertz CT molecular complexity index is 427. The number of anilines is 1. The lowest BCUT2D eigenvalue weighted by molar-refractivity contribution is -0.119. The number of carbonyl (C=O) groups is 2. The molecular formula is C16H24N2O2. The molecule has 0 aliphatic rings. The summed E-state index contributed by atoms with van der Waals surface area (Å²) in [6.45, 7) is 4.31. The van der Waals surface area contributed by atoms with E-state index in [4.69, 9.17) is 0 Å². The Balaban J connectivity index is 2.15. The second kappa shape index (κ2) is 9.13. The molecule has 0 aromatic heterocycles. The smallest absolute Gasteiger partial charge is 0.224 e. The van der Waals surface area contributed by atoms with Crippen LogP contribution in [0.15, 0.2) is 24.3 Å². The van der Waals surface area contributed by atoms with Gasteiger partial charge in [0, 0.05) is 25.6 Å². The zero-order valence-electron chi connectivity index (χ0n) is 12.4. The first-order valence-corrected chi connectivity index (χ1v) is 7.25. The number of carbonyl (C=O) groups excluding carboxylic acids is 2. The quantitative estimate of drug-likeness (QED) is 0.717. The van der Waals surface area contributed by atoms with Crippen LogP contribution in [-0.2, 0) is 16.0 Å². The van der Waals surface area contributed by atoms with E-state index in [1.807, 2.05) is 24.3 Å². The molecule has 2 N–H and O–H groups in total. The van der Waals surface area contributed by atoms with Gasteiger partial charge in [-0.3, -0.25) is 9.59 Å². The summed E-state index contributed by atoms with van der Waals surface area (Å²) < 4.78 is 0. The maximum Gasteiger partial charge on any atom is 0.224 e. The van der Waals surface area contributed by atoms with Crippen molar-refractivity contribution in [1.82, 2.24) is 5.32 Å². The van der Waals surface area contributed by atoms with Crippen molar-refractivity contribution in [3.05, 3.63) is 29.8 Å². The van der Waals surface area contributed by atoms with E-state index >= 15 is 0 Å². The van der Waals surface area contributed by atoms with Gasteiger partial charge in [-0.1, -0.05) is 25.5 Å². The Morgan fingerprint density at radius 1 is 1.05 bits per heavy atom.